The summed E-state index contributed by atoms with van der Waals surface area (Å²) in [5.74, 6) is 3.02. The molecule has 5 rings (SSSR count). The number of hydrogen-bond donors (Lipinski definition) is 0. The van der Waals surface area contributed by atoms with Gasteiger partial charge in [-0.3, -0.25) is 4.79 Å². The Bertz CT molecular complexity index is 1100. The zero-order chi connectivity index (χ0) is 21.2. The van der Waals surface area contributed by atoms with E-state index in [1.807, 2.05) is 54.3 Å². The van der Waals surface area contributed by atoms with Gasteiger partial charge in [-0.2, -0.15) is 0 Å². The third-order valence-corrected chi connectivity index (χ3v) is 5.54. The van der Waals surface area contributed by atoms with Gasteiger partial charge in [-0.15, -0.1) is 10.2 Å². The SMILES string of the molecule is Cc1cccc(OCC(=O)N2CCCC(c3nnc(-c4ccc5c(c4)OCO5)o3)C2)c1. The second-order valence-electron chi connectivity index (χ2n) is 7.80. The number of rotatable bonds is 5. The predicted octanol–water partition coefficient (Wildman–Crippen LogP) is 3.56. The van der Waals surface area contributed by atoms with Gasteiger partial charge >= 0.3 is 0 Å². The lowest BCUT2D eigenvalue weighted by Gasteiger charge is -2.31. The number of aryl methyl sites for hydroxylation is 1. The molecule has 0 spiro atoms. The summed E-state index contributed by atoms with van der Waals surface area (Å²) in [6.07, 6.45) is 1.77. The highest BCUT2D eigenvalue weighted by atomic mass is 16.7. The Morgan fingerprint density at radius 1 is 1.16 bits per heavy atom. The molecule has 2 aromatic carbocycles. The highest BCUT2D eigenvalue weighted by Gasteiger charge is 2.29. The van der Waals surface area contributed by atoms with E-state index in [0.29, 0.717) is 42.1 Å². The van der Waals surface area contributed by atoms with Gasteiger partial charge < -0.3 is 23.5 Å². The zero-order valence-electron chi connectivity index (χ0n) is 17.2. The Morgan fingerprint density at radius 2 is 2.06 bits per heavy atom. The molecular weight excluding hydrogens is 398 g/mol. The molecule has 3 aromatic rings. The van der Waals surface area contributed by atoms with Crippen molar-refractivity contribution in [1.82, 2.24) is 15.1 Å². The quantitative estimate of drug-likeness (QED) is 0.622. The molecule has 0 radical (unpaired) electrons. The van der Waals surface area contributed by atoms with E-state index in [0.717, 1.165) is 24.0 Å². The number of ether oxygens (including phenoxy) is 3. The summed E-state index contributed by atoms with van der Waals surface area (Å²) in [5, 5.41) is 8.45. The number of fused-ring (bicyclic) bond motifs is 1. The average molecular weight is 421 g/mol. The summed E-state index contributed by atoms with van der Waals surface area (Å²) in [7, 11) is 0. The number of amides is 1. The van der Waals surface area contributed by atoms with Crippen LogP contribution in [0.3, 0.4) is 0 Å². The van der Waals surface area contributed by atoms with Crippen LogP contribution in [0.4, 0.5) is 0 Å². The highest BCUT2D eigenvalue weighted by Crippen LogP contribution is 2.36. The lowest BCUT2D eigenvalue weighted by Crippen LogP contribution is -2.41. The maximum atomic E-state index is 12.7. The molecule has 31 heavy (non-hydrogen) atoms. The smallest absolute Gasteiger partial charge is 0.260 e. The minimum Gasteiger partial charge on any atom is -0.484 e. The summed E-state index contributed by atoms with van der Waals surface area (Å²) in [5.41, 5.74) is 1.87. The maximum Gasteiger partial charge on any atom is 0.260 e. The van der Waals surface area contributed by atoms with Crippen LogP contribution in [0.25, 0.3) is 11.5 Å². The van der Waals surface area contributed by atoms with Crippen LogP contribution in [0.5, 0.6) is 17.2 Å². The molecular formula is C23H23N3O5. The molecule has 1 saturated heterocycles. The molecule has 2 aliphatic heterocycles. The van der Waals surface area contributed by atoms with Crippen molar-refractivity contribution >= 4 is 5.91 Å². The van der Waals surface area contributed by atoms with Gasteiger partial charge in [0.05, 0.1) is 5.92 Å². The van der Waals surface area contributed by atoms with Gasteiger partial charge in [0.2, 0.25) is 18.6 Å². The molecule has 0 saturated carbocycles. The van der Waals surface area contributed by atoms with Crippen molar-refractivity contribution in [2.45, 2.75) is 25.7 Å². The van der Waals surface area contributed by atoms with Crippen LogP contribution in [-0.4, -0.2) is 47.5 Å². The molecule has 0 aliphatic carbocycles. The molecule has 1 amide bonds. The Labute approximate surface area is 179 Å². The fourth-order valence-electron chi connectivity index (χ4n) is 3.89. The first-order valence-electron chi connectivity index (χ1n) is 10.4. The maximum absolute atomic E-state index is 12.7. The topological polar surface area (TPSA) is 86.9 Å². The molecule has 2 aliphatic rings. The van der Waals surface area contributed by atoms with E-state index in [2.05, 4.69) is 10.2 Å². The third-order valence-electron chi connectivity index (χ3n) is 5.54. The van der Waals surface area contributed by atoms with Crippen molar-refractivity contribution in [3.8, 4) is 28.7 Å². The van der Waals surface area contributed by atoms with Gasteiger partial charge in [0, 0.05) is 18.7 Å². The van der Waals surface area contributed by atoms with E-state index in [1.54, 1.807) is 0 Å². The first-order valence-corrected chi connectivity index (χ1v) is 10.4. The van der Waals surface area contributed by atoms with Crippen LogP contribution in [0, 0.1) is 6.92 Å². The minimum atomic E-state index is -0.0401. The van der Waals surface area contributed by atoms with Gasteiger partial charge in [-0.25, -0.2) is 0 Å². The number of aromatic nitrogens is 2. The zero-order valence-corrected chi connectivity index (χ0v) is 17.2. The van der Waals surface area contributed by atoms with Crippen LogP contribution in [-0.2, 0) is 4.79 Å². The Morgan fingerprint density at radius 3 is 2.97 bits per heavy atom. The normalized spacial score (nSPS) is 17.6. The average Bonchev–Trinajstić information content (AvgIpc) is 3.47. The monoisotopic (exact) mass is 421 g/mol. The number of carbonyl (C=O) groups excluding carboxylic acids is 1. The molecule has 0 bridgehead atoms. The van der Waals surface area contributed by atoms with Gasteiger partial charge in [0.1, 0.15) is 5.75 Å². The summed E-state index contributed by atoms with van der Waals surface area (Å²) in [6, 6.07) is 13.2. The number of carbonyl (C=O) groups is 1. The fourth-order valence-corrected chi connectivity index (χ4v) is 3.89. The van der Waals surface area contributed by atoms with Crippen LogP contribution in [0.1, 0.15) is 30.2 Å². The first-order chi connectivity index (χ1) is 15.2. The van der Waals surface area contributed by atoms with Gasteiger partial charge in [-0.1, -0.05) is 12.1 Å². The predicted molar refractivity (Wildman–Crippen MR) is 111 cm³/mol. The molecule has 1 fully saturated rings. The van der Waals surface area contributed by atoms with Crippen molar-refractivity contribution in [2.24, 2.45) is 0 Å². The number of piperidine rings is 1. The van der Waals surface area contributed by atoms with E-state index in [1.165, 1.54) is 0 Å². The molecule has 160 valence electrons. The van der Waals surface area contributed by atoms with Gasteiger partial charge in [0.15, 0.2) is 18.1 Å². The lowest BCUT2D eigenvalue weighted by molar-refractivity contribution is -0.134. The van der Waals surface area contributed by atoms with E-state index in [4.69, 9.17) is 18.6 Å². The van der Waals surface area contributed by atoms with Crippen LogP contribution < -0.4 is 14.2 Å². The lowest BCUT2D eigenvalue weighted by atomic mass is 9.98. The highest BCUT2D eigenvalue weighted by molar-refractivity contribution is 5.78. The summed E-state index contributed by atoms with van der Waals surface area (Å²) >= 11 is 0. The van der Waals surface area contributed by atoms with Crippen LogP contribution in [0.15, 0.2) is 46.9 Å². The van der Waals surface area contributed by atoms with Crippen LogP contribution in [0.2, 0.25) is 0 Å². The molecule has 1 aromatic heterocycles. The van der Waals surface area contributed by atoms with Crippen molar-refractivity contribution in [2.75, 3.05) is 26.5 Å². The van der Waals surface area contributed by atoms with E-state index in [9.17, 15) is 4.79 Å². The number of benzene rings is 2. The van der Waals surface area contributed by atoms with Crippen LogP contribution >= 0.6 is 0 Å². The standard InChI is InChI=1S/C23H23N3O5/c1-15-4-2-6-18(10-15)28-13-21(27)26-9-3-5-17(12-26)23-25-24-22(31-23)16-7-8-19-20(11-16)30-14-29-19/h2,4,6-8,10-11,17H,3,5,9,12-14H2,1H3. The molecule has 8 heteroatoms. The molecule has 8 nitrogen and oxygen atoms in total. The molecule has 3 heterocycles. The molecule has 1 atom stereocenters. The van der Waals surface area contributed by atoms with Gasteiger partial charge in [-0.05, 0) is 55.7 Å². The third kappa shape index (κ3) is 4.19. The second-order valence-corrected chi connectivity index (χ2v) is 7.80. The molecule has 1 unspecified atom stereocenters. The largest absolute Gasteiger partial charge is 0.484 e. The van der Waals surface area contributed by atoms with Crippen molar-refractivity contribution in [1.29, 1.82) is 0 Å². The van der Waals surface area contributed by atoms with Crippen molar-refractivity contribution in [3.05, 3.63) is 53.9 Å². The summed E-state index contributed by atoms with van der Waals surface area (Å²) in [6.45, 7) is 3.47. The summed E-state index contributed by atoms with van der Waals surface area (Å²) in [4.78, 5) is 14.5. The Balaban J connectivity index is 1.23. The first kappa shape index (κ1) is 19.4. The van der Waals surface area contributed by atoms with Crippen molar-refractivity contribution in [3.63, 3.8) is 0 Å². The van der Waals surface area contributed by atoms with E-state index >= 15 is 0 Å². The number of likely N-dealkylation sites (tertiary alicyclic amines) is 1. The number of nitrogens with zero attached hydrogens (tertiary/aromatic N) is 3. The Kier molecular flexibility index (Phi) is 5.19. The second kappa shape index (κ2) is 8.29. The van der Waals surface area contributed by atoms with E-state index in [-0.39, 0.29) is 25.2 Å². The Hall–Kier alpha value is -3.55. The van der Waals surface area contributed by atoms with Gasteiger partial charge in [0.25, 0.3) is 5.91 Å². The van der Waals surface area contributed by atoms with E-state index < -0.39 is 0 Å². The summed E-state index contributed by atoms with van der Waals surface area (Å²) < 4.78 is 22.4. The minimum absolute atomic E-state index is 0.00642. The van der Waals surface area contributed by atoms with Crippen molar-refractivity contribution < 1.29 is 23.4 Å². The fraction of sp³-hybridized carbons (Fsp3) is 0.348. The molecule has 0 N–H and O–H groups in total. The number of hydrogen-bond acceptors (Lipinski definition) is 7.